The standard InChI is InChI=1S/C12H17NO2/c1-3-4-9-13-12(14)10-5-7-11(15-2)8-6-10/h5-8H,3-4,9H2,1-2H3,(H,13,14)/i12+1. The molecule has 0 atom stereocenters. The number of amides is 1. The van der Waals surface area contributed by atoms with Gasteiger partial charge >= 0.3 is 0 Å². The zero-order chi connectivity index (χ0) is 11.1. The van der Waals surface area contributed by atoms with Crippen LogP contribution in [0.2, 0.25) is 0 Å². The van der Waals surface area contributed by atoms with E-state index in [0.29, 0.717) is 5.56 Å². The normalized spacial score (nSPS) is 9.73. The van der Waals surface area contributed by atoms with Gasteiger partial charge in [-0.15, -0.1) is 0 Å². The molecule has 1 amide bonds. The van der Waals surface area contributed by atoms with Crippen molar-refractivity contribution in [3.63, 3.8) is 0 Å². The minimum Gasteiger partial charge on any atom is -0.497 e. The molecule has 0 saturated carbocycles. The van der Waals surface area contributed by atoms with Gasteiger partial charge in [-0.25, -0.2) is 0 Å². The molecule has 1 aromatic rings. The van der Waals surface area contributed by atoms with Crippen LogP contribution in [0.25, 0.3) is 0 Å². The van der Waals surface area contributed by atoms with Crippen molar-refractivity contribution in [3.05, 3.63) is 29.8 Å². The highest BCUT2D eigenvalue weighted by Crippen LogP contribution is 2.10. The first kappa shape index (κ1) is 11.6. The van der Waals surface area contributed by atoms with Crippen molar-refractivity contribution >= 4 is 5.91 Å². The number of methoxy groups -OCH3 is 1. The summed E-state index contributed by atoms with van der Waals surface area (Å²) in [6.07, 6.45) is 2.10. The van der Waals surface area contributed by atoms with E-state index in [1.165, 1.54) is 0 Å². The largest absolute Gasteiger partial charge is 0.497 e. The van der Waals surface area contributed by atoms with Gasteiger partial charge in [0, 0.05) is 12.1 Å². The topological polar surface area (TPSA) is 38.3 Å². The maximum atomic E-state index is 11.6. The summed E-state index contributed by atoms with van der Waals surface area (Å²) in [5.41, 5.74) is 0.673. The van der Waals surface area contributed by atoms with Crippen molar-refractivity contribution in [1.82, 2.24) is 5.32 Å². The fourth-order valence-electron chi connectivity index (χ4n) is 1.22. The van der Waals surface area contributed by atoms with E-state index in [9.17, 15) is 4.79 Å². The Hall–Kier alpha value is -1.51. The van der Waals surface area contributed by atoms with Crippen LogP contribution in [0.5, 0.6) is 5.75 Å². The lowest BCUT2D eigenvalue weighted by atomic mass is 10.3. The predicted octanol–water partition coefficient (Wildman–Crippen LogP) is 2.23. The molecule has 0 spiro atoms. The second-order valence-corrected chi connectivity index (χ2v) is 3.34. The van der Waals surface area contributed by atoms with Crippen LogP contribution < -0.4 is 10.1 Å². The maximum Gasteiger partial charge on any atom is 0.251 e. The van der Waals surface area contributed by atoms with E-state index in [0.717, 1.165) is 25.1 Å². The minimum atomic E-state index is -0.0221. The Morgan fingerprint density at radius 3 is 2.53 bits per heavy atom. The van der Waals surface area contributed by atoms with Crippen LogP contribution in [0, 0.1) is 0 Å². The molecule has 15 heavy (non-hydrogen) atoms. The number of unbranched alkanes of at least 4 members (excludes halogenated alkanes) is 1. The maximum absolute atomic E-state index is 11.6. The van der Waals surface area contributed by atoms with Crippen molar-refractivity contribution in [1.29, 1.82) is 0 Å². The third-order valence-electron chi connectivity index (χ3n) is 2.17. The van der Waals surface area contributed by atoms with Gasteiger partial charge in [0.1, 0.15) is 5.75 Å². The Bertz CT molecular complexity index is 306. The predicted molar refractivity (Wildman–Crippen MR) is 60.2 cm³/mol. The van der Waals surface area contributed by atoms with Gasteiger partial charge in [0.2, 0.25) is 0 Å². The molecule has 1 aromatic carbocycles. The summed E-state index contributed by atoms with van der Waals surface area (Å²) in [6.45, 7) is 2.83. The molecule has 3 nitrogen and oxygen atoms in total. The Morgan fingerprint density at radius 1 is 1.33 bits per heavy atom. The second kappa shape index (κ2) is 6.06. The molecular formula is C12H17NO2. The summed E-state index contributed by atoms with van der Waals surface area (Å²) in [5.74, 6) is 0.742. The molecule has 0 unspecified atom stereocenters. The monoisotopic (exact) mass is 208 g/mol. The quantitative estimate of drug-likeness (QED) is 0.595. The number of carbonyl (C=O) groups excluding carboxylic acids is 1. The molecule has 0 aliphatic rings. The molecule has 0 radical (unpaired) electrons. The van der Waals surface area contributed by atoms with Gasteiger partial charge < -0.3 is 10.1 Å². The summed E-state index contributed by atoms with van der Waals surface area (Å²) >= 11 is 0. The third-order valence-corrected chi connectivity index (χ3v) is 2.17. The van der Waals surface area contributed by atoms with Crippen LogP contribution in [0.4, 0.5) is 0 Å². The fraction of sp³-hybridized carbons (Fsp3) is 0.417. The number of rotatable bonds is 5. The van der Waals surface area contributed by atoms with Gasteiger partial charge in [-0.3, -0.25) is 4.79 Å². The summed E-state index contributed by atoms with van der Waals surface area (Å²) < 4.78 is 5.02. The van der Waals surface area contributed by atoms with Crippen molar-refractivity contribution in [3.8, 4) is 5.75 Å². The lowest BCUT2D eigenvalue weighted by molar-refractivity contribution is 0.0953. The molecule has 0 aliphatic heterocycles. The van der Waals surface area contributed by atoms with Crippen LogP contribution in [-0.2, 0) is 0 Å². The van der Waals surface area contributed by atoms with Crippen molar-refractivity contribution in [2.24, 2.45) is 0 Å². The molecule has 0 bridgehead atoms. The molecular weight excluding hydrogens is 191 g/mol. The number of ether oxygens (including phenoxy) is 1. The first-order valence-corrected chi connectivity index (χ1v) is 5.20. The van der Waals surface area contributed by atoms with Gasteiger partial charge in [0.25, 0.3) is 5.91 Å². The number of carbonyl (C=O) groups is 1. The zero-order valence-corrected chi connectivity index (χ0v) is 9.25. The van der Waals surface area contributed by atoms with Crippen LogP contribution >= 0.6 is 0 Å². The first-order chi connectivity index (χ1) is 7.27. The number of nitrogens with one attached hydrogen (secondary N) is 1. The van der Waals surface area contributed by atoms with Gasteiger partial charge in [0.15, 0.2) is 0 Å². The van der Waals surface area contributed by atoms with E-state index in [2.05, 4.69) is 12.2 Å². The van der Waals surface area contributed by atoms with E-state index in [4.69, 9.17) is 4.74 Å². The van der Waals surface area contributed by atoms with Gasteiger partial charge in [-0.1, -0.05) is 13.3 Å². The Morgan fingerprint density at radius 2 is 2.00 bits per heavy atom. The third kappa shape index (κ3) is 3.62. The Balaban J connectivity index is 2.50. The molecule has 0 heterocycles. The highest BCUT2D eigenvalue weighted by atomic mass is 16.5. The van der Waals surface area contributed by atoms with Crippen molar-refractivity contribution < 1.29 is 9.53 Å². The molecule has 1 rings (SSSR count). The van der Waals surface area contributed by atoms with E-state index in [1.807, 2.05) is 0 Å². The molecule has 82 valence electrons. The number of hydrogen-bond donors (Lipinski definition) is 1. The average molecular weight is 208 g/mol. The zero-order valence-electron chi connectivity index (χ0n) is 9.25. The molecule has 0 aliphatic carbocycles. The fourth-order valence-corrected chi connectivity index (χ4v) is 1.22. The van der Waals surface area contributed by atoms with Crippen LogP contribution in [0.15, 0.2) is 24.3 Å². The molecule has 3 heteroatoms. The smallest absolute Gasteiger partial charge is 0.251 e. The lowest BCUT2D eigenvalue weighted by Crippen LogP contribution is -2.24. The van der Waals surface area contributed by atoms with E-state index < -0.39 is 0 Å². The van der Waals surface area contributed by atoms with Gasteiger partial charge in [0.05, 0.1) is 7.11 Å². The number of benzene rings is 1. The molecule has 1 N–H and O–H groups in total. The average Bonchev–Trinajstić information content (AvgIpc) is 2.29. The minimum absolute atomic E-state index is 0.0221. The summed E-state index contributed by atoms with van der Waals surface area (Å²) in [6, 6.07) is 7.10. The highest BCUT2D eigenvalue weighted by Gasteiger charge is 2.03. The second-order valence-electron chi connectivity index (χ2n) is 3.34. The summed E-state index contributed by atoms with van der Waals surface area (Å²) in [4.78, 5) is 11.6. The van der Waals surface area contributed by atoms with E-state index in [-0.39, 0.29) is 5.91 Å². The van der Waals surface area contributed by atoms with E-state index in [1.54, 1.807) is 31.4 Å². The first-order valence-electron chi connectivity index (χ1n) is 5.20. The van der Waals surface area contributed by atoms with Crippen molar-refractivity contribution in [2.75, 3.05) is 13.7 Å². The van der Waals surface area contributed by atoms with Gasteiger partial charge in [-0.2, -0.15) is 0 Å². The summed E-state index contributed by atoms with van der Waals surface area (Å²) in [7, 11) is 1.61. The Kier molecular flexibility index (Phi) is 4.68. The van der Waals surface area contributed by atoms with Crippen molar-refractivity contribution in [2.45, 2.75) is 19.8 Å². The van der Waals surface area contributed by atoms with Crippen LogP contribution in [0.3, 0.4) is 0 Å². The summed E-state index contributed by atoms with van der Waals surface area (Å²) in [5, 5.41) is 2.86. The lowest BCUT2D eigenvalue weighted by Gasteiger charge is -2.04. The number of hydrogen-bond acceptors (Lipinski definition) is 2. The molecule has 0 aromatic heterocycles. The molecule has 0 saturated heterocycles. The SMILES string of the molecule is CCCCN[13C](=O)c1ccc(OC)cc1. The van der Waals surface area contributed by atoms with E-state index >= 15 is 0 Å². The highest BCUT2D eigenvalue weighted by molar-refractivity contribution is 5.94. The van der Waals surface area contributed by atoms with Crippen LogP contribution in [-0.4, -0.2) is 19.6 Å². The van der Waals surface area contributed by atoms with Gasteiger partial charge in [-0.05, 0) is 30.7 Å². The van der Waals surface area contributed by atoms with Crippen LogP contribution in [0.1, 0.15) is 30.1 Å². The molecule has 0 fully saturated rings. The Labute approximate surface area is 90.4 Å².